The van der Waals surface area contributed by atoms with Crippen molar-refractivity contribution >= 4 is 17.7 Å². The summed E-state index contributed by atoms with van der Waals surface area (Å²) in [4.78, 5) is 11.0. The fourth-order valence-corrected chi connectivity index (χ4v) is 2.47. The smallest absolute Gasteiger partial charge is 0.315 e. The van der Waals surface area contributed by atoms with E-state index in [-0.39, 0.29) is 12.0 Å². The lowest BCUT2D eigenvalue weighted by Gasteiger charge is -2.17. The van der Waals surface area contributed by atoms with Gasteiger partial charge in [-0.1, -0.05) is 37.3 Å². The van der Waals surface area contributed by atoms with Crippen LogP contribution in [0.2, 0.25) is 0 Å². The highest BCUT2D eigenvalue weighted by Gasteiger charge is 2.10. The quantitative estimate of drug-likeness (QED) is 0.756. The molecule has 0 heterocycles. The largest absolute Gasteiger partial charge is 0.468 e. The average molecular weight is 253 g/mol. The van der Waals surface area contributed by atoms with Gasteiger partial charge in [-0.2, -0.15) is 0 Å². The molecule has 3 nitrogen and oxygen atoms in total. The third-order valence-corrected chi connectivity index (χ3v) is 3.39. The molecule has 0 aliphatic rings. The van der Waals surface area contributed by atoms with Gasteiger partial charge in [0.15, 0.2) is 0 Å². The van der Waals surface area contributed by atoms with Gasteiger partial charge >= 0.3 is 5.97 Å². The van der Waals surface area contributed by atoms with Crippen LogP contribution in [0.1, 0.15) is 18.5 Å². The molecule has 0 aromatic heterocycles. The van der Waals surface area contributed by atoms with Crippen molar-refractivity contribution in [3.05, 3.63) is 35.9 Å². The van der Waals surface area contributed by atoms with Crippen LogP contribution in [0.15, 0.2) is 30.3 Å². The molecule has 0 bridgehead atoms. The zero-order valence-electron chi connectivity index (χ0n) is 10.3. The normalized spacial score (nSPS) is 12.1. The van der Waals surface area contributed by atoms with Crippen molar-refractivity contribution in [2.75, 3.05) is 25.2 Å². The molecule has 4 heteroatoms. The van der Waals surface area contributed by atoms with Crippen LogP contribution in [0.5, 0.6) is 0 Å². The summed E-state index contributed by atoms with van der Waals surface area (Å²) >= 11 is 1.59. The molecule has 0 fully saturated rings. The molecule has 0 aliphatic carbocycles. The summed E-state index contributed by atoms with van der Waals surface area (Å²) in [6.07, 6.45) is 0. The first-order valence-corrected chi connectivity index (χ1v) is 6.86. The number of thioether (sulfide) groups is 1. The highest BCUT2D eigenvalue weighted by Crippen LogP contribution is 2.18. The Kier molecular flexibility index (Phi) is 6.74. The molecule has 1 rings (SSSR count). The molecule has 17 heavy (non-hydrogen) atoms. The summed E-state index contributed by atoms with van der Waals surface area (Å²) in [6.45, 7) is 3.00. The van der Waals surface area contributed by atoms with E-state index in [0.717, 1.165) is 12.3 Å². The van der Waals surface area contributed by atoms with Gasteiger partial charge in [0.25, 0.3) is 0 Å². The van der Waals surface area contributed by atoms with Crippen molar-refractivity contribution in [2.45, 2.75) is 13.0 Å². The van der Waals surface area contributed by atoms with Gasteiger partial charge < -0.3 is 10.1 Å². The molecule has 0 spiro atoms. The summed E-state index contributed by atoms with van der Waals surface area (Å²) in [6, 6.07) is 10.6. The molecule has 1 unspecified atom stereocenters. The van der Waals surface area contributed by atoms with Crippen LogP contribution in [-0.4, -0.2) is 31.1 Å². The minimum Gasteiger partial charge on any atom is -0.468 e. The summed E-state index contributed by atoms with van der Waals surface area (Å²) in [5.41, 5.74) is 1.26. The first kappa shape index (κ1) is 14.1. The molecule has 0 saturated carbocycles. The van der Waals surface area contributed by atoms with Gasteiger partial charge in [-0.05, 0) is 12.1 Å². The number of carbonyl (C=O) groups excluding carboxylic acids is 1. The fourth-order valence-electron chi connectivity index (χ4n) is 1.52. The SMILES string of the molecule is CCNC(CSCC(=O)OC)c1ccccc1. The van der Waals surface area contributed by atoms with Gasteiger partial charge in [-0.25, -0.2) is 0 Å². The van der Waals surface area contributed by atoms with Gasteiger partial charge in [0.05, 0.1) is 12.9 Å². The number of hydrogen-bond acceptors (Lipinski definition) is 4. The van der Waals surface area contributed by atoms with E-state index in [9.17, 15) is 4.79 Å². The summed E-state index contributed by atoms with van der Waals surface area (Å²) < 4.78 is 4.62. The third-order valence-electron chi connectivity index (χ3n) is 2.38. The van der Waals surface area contributed by atoms with Crippen LogP contribution in [0.3, 0.4) is 0 Å². The number of hydrogen-bond donors (Lipinski definition) is 1. The minimum absolute atomic E-state index is 0.168. The molecule has 1 aromatic carbocycles. The second-order valence-corrected chi connectivity index (χ2v) is 4.64. The number of benzene rings is 1. The Balaban J connectivity index is 2.47. The topological polar surface area (TPSA) is 38.3 Å². The Morgan fingerprint density at radius 2 is 2.12 bits per heavy atom. The van der Waals surface area contributed by atoms with E-state index in [1.807, 2.05) is 18.2 Å². The van der Waals surface area contributed by atoms with E-state index in [1.54, 1.807) is 11.8 Å². The number of methoxy groups -OCH3 is 1. The van der Waals surface area contributed by atoms with E-state index in [1.165, 1.54) is 12.7 Å². The minimum atomic E-state index is -0.168. The number of esters is 1. The maximum Gasteiger partial charge on any atom is 0.315 e. The molecule has 0 aliphatic heterocycles. The average Bonchev–Trinajstić information content (AvgIpc) is 2.38. The lowest BCUT2D eigenvalue weighted by molar-refractivity contribution is -0.137. The van der Waals surface area contributed by atoms with Crippen molar-refractivity contribution in [1.29, 1.82) is 0 Å². The Morgan fingerprint density at radius 1 is 1.41 bits per heavy atom. The van der Waals surface area contributed by atoms with Crippen LogP contribution >= 0.6 is 11.8 Å². The van der Waals surface area contributed by atoms with E-state index in [4.69, 9.17) is 0 Å². The number of nitrogens with one attached hydrogen (secondary N) is 1. The Labute approximate surface area is 107 Å². The highest BCUT2D eigenvalue weighted by molar-refractivity contribution is 7.99. The standard InChI is InChI=1S/C13H19NO2S/c1-3-14-12(9-17-10-13(15)16-2)11-7-5-4-6-8-11/h4-8,12,14H,3,9-10H2,1-2H3. The molecular formula is C13H19NO2S. The molecule has 1 aromatic rings. The molecule has 0 amide bonds. The van der Waals surface area contributed by atoms with Gasteiger partial charge in [-0.15, -0.1) is 11.8 Å². The van der Waals surface area contributed by atoms with Crippen molar-refractivity contribution in [3.8, 4) is 0 Å². The first-order chi connectivity index (χ1) is 8.27. The maximum atomic E-state index is 11.0. The zero-order chi connectivity index (χ0) is 12.5. The third kappa shape index (κ3) is 5.24. The van der Waals surface area contributed by atoms with E-state index in [0.29, 0.717) is 5.75 Å². The molecular weight excluding hydrogens is 234 g/mol. The van der Waals surface area contributed by atoms with Gasteiger partial charge in [0, 0.05) is 11.8 Å². The fraction of sp³-hybridized carbons (Fsp3) is 0.462. The zero-order valence-corrected chi connectivity index (χ0v) is 11.1. The van der Waals surface area contributed by atoms with Crippen molar-refractivity contribution < 1.29 is 9.53 Å². The molecule has 0 saturated heterocycles. The molecule has 1 N–H and O–H groups in total. The Hall–Kier alpha value is -1.00. The van der Waals surface area contributed by atoms with Crippen LogP contribution in [0, 0.1) is 0 Å². The van der Waals surface area contributed by atoms with Crippen LogP contribution in [0.4, 0.5) is 0 Å². The summed E-state index contributed by atoms with van der Waals surface area (Å²) in [5.74, 6) is 1.11. The summed E-state index contributed by atoms with van der Waals surface area (Å²) in [5, 5.41) is 3.42. The summed E-state index contributed by atoms with van der Waals surface area (Å²) in [7, 11) is 1.42. The van der Waals surface area contributed by atoms with Crippen molar-refractivity contribution in [3.63, 3.8) is 0 Å². The van der Waals surface area contributed by atoms with Crippen LogP contribution in [-0.2, 0) is 9.53 Å². The Bertz CT molecular complexity index is 329. The maximum absolute atomic E-state index is 11.0. The number of ether oxygens (including phenoxy) is 1. The van der Waals surface area contributed by atoms with Gasteiger partial charge in [-0.3, -0.25) is 4.79 Å². The van der Waals surface area contributed by atoms with E-state index < -0.39 is 0 Å². The lowest BCUT2D eigenvalue weighted by Crippen LogP contribution is -2.23. The monoisotopic (exact) mass is 253 g/mol. The Morgan fingerprint density at radius 3 is 2.71 bits per heavy atom. The van der Waals surface area contributed by atoms with Crippen LogP contribution in [0.25, 0.3) is 0 Å². The van der Waals surface area contributed by atoms with Crippen molar-refractivity contribution in [2.24, 2.45) is 0 Å². The first-order valence-electron chi connectivity index (χ1n) is 5.70. The van der Waals surface area contributed by atoms with Crippen LogP contribution < -0.4 is 5.32 Å². The second kappa shape index (κ2) is 8.14. The van der Waals surface area contributed by atoms with Gasteiger partial charge in [0.1, 0.15) is 0 Å². The molecule has 0 radical (unpaired) electrons. The lowest BCUT2D eigenvalue weighted by atomic mass is 10.1. The predicted octanol–water partition coefficient (Wildman–Crippen LogP) is 2.24. The number of carbonyl (C=O) groups is 1. The van der Waals surface area contributed by atoms with E-state index >= 15 is 0 Å². The molecule has 94 valence electrons. The van der Waals surface area contributed by atoms with Gasteiger partial charge in [0.2, 0.25) is 0 Å². The molecule has 1 atom stereocenters. The predicted molar refractivity (Wildman–Crippen MR) is 72.2 cm³/mol. The number of rotatable bonds is 7. The second-order valence-electron chi connectivity index (χ2n) is 3.61. The van der Waals surface area contributed by atoms with Crippen molar-refractivity contribution in [1.82, 2.24) is 5.32 Å². The van der Waals surface area contributed by atoms with E-state index in [2.05, 4.69) is 29.1 Å². The highest BCUT2D eigenvalue weighted by atomic mass is 32.2.